The molecule has 3 aromatic rings. The Morgan fingerprint density at radius 1 is 1.28 bits per heavy atom. The summed E-state index contributed by atoms with van der Waals surface area (Å²) in [5.74, 6) is 1.66. The monoisotopic (exact) mass is 419 g/mol. The summed E-state index contributed by atoms with van der Waals surface area (Å²) in [5, 5.41) is 5.20. The average molecular weight is 421 g/mol. The Balaban J connectivity index is 1.81. The maximum absolute atomic E-state index is 12.7. The van der Waals surface area contributed by atoms with Gasteiger partial charge in [-0.3, -0.25) is 4.79 Å². The van der Waals surface area contributed by atoms with Gasteiger partial charge in [-0.1, -0.05) is 27.5 Å². The highest BCUT2D eigenvalue weighted by Gasteiger charge is 2.16. The van der Waals surface area contributed by atoms with Crippen molar-refractivity contribution < 1.29 is 9.47 Å². The number of rotatable bonds is 2. The number of halogens is 2. The normalized spacial score (nSPS) is 13.1. The molecule has 0 atom stereocenters. The fourth-order valence-corrected chi connectivity index (χ4v) is 3.11. The quantitative estimate of drug-likeness (QED) is 0.593. The van der Waals surface area contributed by atoms with E-state index in [1.807, 2.05) is 6.07 Å². The zero-order valence-electron chi connectivity index (χ0n) is 13.0. The van der Waals surface area contributed by atoms with Crippen LogP contribution in [-0.2, 0) is 0 Å². The van der Waals surface area contributed by atoms with Gasteiger partial charge in [-0.25, -0.2) is 4.98 Å². The Labute approximate surface area is 155 Å². The van der Waals surface area contributed by atoms with Gasteiger partial charge in [0.05, 0.1) is 22.1 Å². The molecule has 0 bridgehead atoms. The summed E-state index contributed by atoms with van der Waals surface area (Å²) in [6, 6.07) is 8.74. The first-order valence-corrected chi connectivity index (χ1v) is 8.52. The molecule has 0 N–H and O–H groups in total. The summed E-state index contributed by atoms with van der Waals surface area (Å²) in [6.07, 6.45) is 1.50. The van der Waals surface area contributed by atoms with Crippen molar-refractivity contribution in [3.8, 4) is 11.5 Å². The van der Waals surface area contributed by atoms with Crippen LogP contribution < -0.4 is 15.0 Å². The third-order valence-electron chi connectivity index (χ3n) is 3.77. The molecule has 1 aromatic heterocycles. The van der Waals surface area contributed by atoms with Crippen LogP contribution in [0.1, 0.15) is 11.4 Å². The van der Waals surface area contributed by atoms with Gasteiger partial charge in [-0.15, -0.1) is 0 Å². The van der Waals surface area contributed by atoms with E-state index in [9.17, 15) is 4.79 Å². The molecule has 1 aliphatic rings. The van der Waals surface area contributed by atoms with Crippen LogP contribution in [0.4, 0.5) is 0 Å². The molecule has 0 saturated carbocycles. The topological polar surface area (TPSA) is 65.7 Å². The first-order valence-electron chi connectivity index (χ1n) is 7.35. The van der Waals surface area contributed by atoms with Gasteiger partial charge >= 0.3 is 0 Å². The van der Waals surface area contributed by atoms with E-state index >= 15 is 0 Å². The molecule has 0 spiro atoms. The van der Waals surface area contributed by atoms with E-state index in [1.165, 1.54) is 10.9 Å². The van der Waals surface area contributed by atoms with Crippen LogP contribution in [0.5, 0.6) is 11.5 Å². The smallest absolute Gasteiger partial charge is 0.282 e. The van der Waals surface area contributed by atoms with Crippen LogP contribution in [0, 0.1) is 6.92 Å². The summed E-state index contributed by atoms with van der Waals surface area (Å²) < 4.78 is 12.7. The van der Waals surface area contributed by atoms with E-state index in [2.05, 4.69) is 26.0 Å². The zero-order valence-corrected chi connectivity index (χ0v) is 15.3. The van der Waals surface area contributed by atoms with Crippen LogP contribution in [0.25, 0.3) is 10.9 Å². The second-order valence-corrected chi connectivity index (χ2v) is 6.73. The molecule has 0 aliphatic carbocycles. The van der Waals surface area contributed by atoms with Crippen LogP contribution in [0.15, 0.2) is 44.7 Å². The first kappa shape index (κ1) is 16.1. The van der Waals surface area contributed by atoms with Crippen molar-refractivity contribution in [2.24, 2.45) is 5.10 Å². The van der Waals surface area contributed by atoms with Crippen LogP contribution in [-0.4, -0.2) is 22.7 Å². The number of fused-ring (bicyclic) bond motifs is 2. The molecule has 2 aromatic carbocycles. The van der Waals surface area contributed by atoms with Gasteiger partial charge in [0.25, 0.3) is 5.56 Å². The highest BCUT2D eigenvalue weighted by molar-refractivity contribution is 9.10. The van der Waals surface area contributed by atoms with Gasteiger partial charge in [-0.05, 0) is 31.2 Å². The maximum atomic E-state index is 12.7. The lowest BCUT2D eigenvalue weighted by molar-refractivity contribution is 0.174. The second kappa shape index (κ2) is 6.16. The number of hydrogen-bond donors (Lipinski definition) is 0. The van der Waals surface area contributed by atoms with Crippen molar-refractivity contribution in [1.82, 2.24) is 9.66 Å². The van der Waals surface area contributed by atoms with E-state index in [1.54, 1.807) is 31.2 Å². The minimum absolute atomic E-state index is 0.161. The SMILES string of the molecule is Cc1nc2ccc(Br)cc2c(=O)n1N=Cc1cc2c(cc1Cl)OCO2. The number of hydrogen-bond acceptors (Lipinski definition) is 5. The molecular weight excluding hydrogens is 410 g/mol. The summed E-state index contributed by atoms with van der Waals surface area (Å²) in [6.45, 7) is 1.88. The number of benzene rings is 2. The van der Waals surface area contributed by atoms with Crippen molar-refractivity contribution in [1.29, 1.82) is 0 Å². The molecule has 0 unspecified atom stereocenters. The molecule has 8 heteroatoms. The van der Waals surface area contributed by atoms with Crippen molar-refractivity contribution in [3.05, 3.63) is 61.6 Å². The lowest BCUT2D eigenvalue weighted by atomic mass is 10.2. The van der Waals surface area contributed by atoms with Crippen molar-refractivity contribution in [3.63, 3.8) is 0 Å². The predicted octanol–water partition coefficient (Wildman–Crippen LogP) is 3.73. The molecule has 6 nitrogen and oxygen atoms in total. The first-order chi connectivity index (χ1) is 12.0. The van der Waals surface area contributed by atoms with E-state index in [-0.39, 0.29) is 12.4 Å². The molecule has 25 heavy (non-hydrogen) atoms. The molecule has 4 rings (SSSR count). The largest absolute Gasteiger partial charge is 0.454 e. The standard InChI is InChI=1S/C17H11BrClN3O3/c1-9-21-14-3-2-11(18)5-12(14)17(23)22(9)20-7-10-4-15-16(6-13(10)19)25-8-24-15/h2-7H,8H2,1H3. The van der Waals surface area contributed by atoms with Crippen LogP contribution in [0.2, 0.25) is 5.02 Å². The summed E-state index contributed by atoms with van der Waals surface area (Å²) in [4.78, 5) is 17.1. The van der Waals surface area contributed by atoms with Crippen molar-refractivity contribution in [2.75, 3.05) is 6.79 Å². The highest BCUT2D eigenvalue weighted by atomic mass is 79.9. The van der Waals surface area contributed by atoms with Crippen molar-refractivity contribution >= 4 is 44.6 Å². The Hall–Kier alpha value is -2.38. The number of aryl methyl sites for hydroxylation is 1. The van der Waals surface area contributed by atoms with Gasteiger partial charge in [0.15, 0.2) is 11.5 Å². The maximum Gasteiger partial charge on any atom is 0.282 e. The van der Waals surface area contributed by atoms with Crippen LogP contribution in [0.3, 0.4) is 0 Å². The molecule has 0 saturated heterocycles. The number of ether oxygens (including phenoxy) is 2. The molecule has 0 fully saturated rings. The lowest BCUT2D eigenvalue weighted by Gasteiger charge is -2.06. The second-order valence-electron chi connectivity index (χ2n) is 5.41. The Morgan fingerprint density at radius 3 is 2.84 bits per heavy atom. The van der Waals surface area contributed by atoms with Gasteiger partial charge in [0, 0.05) is 16.1 Å². The summed E-state index contributed by atoms with van der Waals surface area (Å²) in [7, 11) is 0. The third kappa shape index (κ3) is 2.89. The molecule has 126 valence electrons. The molecule has 0 amide bonds. The van der Waals surface area contributed by atoms with E-state index < -0.39 is 0 Å². The zero-order chi connectivity index (χ0) is 17.6. The van der Waals surface area contributed by atoms with Gasteiger partial charge in [0.2, 0.25) is 6.79 Å². The fraction of sp³-hybridized carbons (Fsp3) is 0.118. The van der Waals surface area contributed by atoms with E-state index in [0.29, 0.717) is 38.8 Å². The molecule has 1 aliphatic heterocycles. The average Bonchev–Trinajstić information content (AvgIpc) is 3.02. The molecular formula is C17H11BrClN3O3. The Kier molecular flexibility index (Phi) is 3.97. The summed E-state index contributed by atoms with van der Waals surface area (Å²) in [5.41, 5.74) is 0.988. The third-order valence-corrected chi connectivity index (χ3v) is 4.59. The minimum atomic E-state index is -0.253. The van der Waals surface area contributed by atoms with Crippen molar-refractivity contribution in [2.45, 2.75) is 6.92 Å². The molecule has 2 heterocycles. The number of aromatic nitrogens is 2. The van der Waals surface area contributed by atoms with Gasteiger partial charge < -0.3 is 9.47 Å². The Morgan fingerprint density at radius 2 is 2.04 bits per heavy atom. The fourth-order valence-electron chi connectivity index (χ4n) is 2.55. The predicted molar refractivity (Wildman–Crippen MR) is 99.0 cm³/mol. The Bertz CT molecular complexity index is 1090. The van der Waals surface area contributed by atoms with Gasteiger partial charge in [-0.2, -0.15) is 9.78 Å². The van der Waals surface area contributed by atoms with E-state index in [4.69, 9.17) is 21.1 Å². The summed E-state index contributed by atoms with van der Waals surface area (Å²) >= 11 is 9.60. The van der Waals surface area contributed by atoms with Gasteiger partial charge in [0.1, 0.15) is 5.82 Å². The number of nitrogens with zero attached hydrogens (tertiary/aromatic N) is 3. The molecule has 0 radical (unpaired) electrons. The lowest BCUT2D eigenvalue weighted by Crippen LogP contribution is -2.20. The van der Waals surface area contributed by atoms with E-state index in [0.717, 1.165) is 4.47 Å². The minimum Gasteiger partial charge on any atom is -0.454 e. The van der Waals surface area contributed by atoms with Crippen LogP contribution >= 0.6 is 27.5 Å². The highest BCUT2D eigenvalue weighted by Crippen LogP contribution is 2.36.